The zero-order valence-corrected chi connectivity index (χ0v) is 9.77. The van der Waals surface area contributed by atoms with Crippen molar-refractivity contribution < 1.29 is 14.1 Å². The molecule has 0 saturated carbocycles. The van der Waals surface area contributed by atoms with Crippen molar-refractivity contribution in [3.63, 3.8) is 0 Å². The van der Waals surface area contributed by atoms with Gasteiger partial charge >= 0.3 is 0 Å². The molecule has 1 fully saturated rings. The summed E-state index contributed by atoms with van der Waals surface area (Å²) in [6.07, 6.45) is 0.0770. The fourth-order valence-corrected chi connectivity index (χ4v) is 1.80. The van der Waals surface area contributed by atoms with E-state index in [1.54, 1.807) is 17.9 Å². The maximum absolute atomic E-state index is 12.1. The van der Waals surface area contributed by atoms with Crippen LogP contribution in [0.3, 0.4) is 0 Å². The summed E-state index contributed by atoms with van der Waals surface area (Å²) in [7, 11) is 0. The molecule has 16 heavy (non-hydrogen) atoms. The summed E-state index contributed by atoms with van der Waals surface area (Å²) in [5, 5.41) is 3.74. The van der Waals surface area contributed by atoms with Gasteiger partial charge in [0.2, 0.25) is 0 Å². The summed E-state index contributed by atoms with van der Waals surface area (Å²) in [5.74, 6) is 0.566. The average molecular weight is 224 g/mol. The molecule has 0 aromatic carbocycles. The molecule has 1 aliphatic rings. The van der Waals surface area contributed by atoms with Crippen LogP contribution in [-0.4, -0.2) is 41.3 Å². The number of carbonyl (C=O) groups excluding carboxylic acids is 1. The second kappa shape index (κ2) is 4.25. The van der Waals surface area contributed by atoms with Crippen LogP contribution in [0.25, 0.3) is 0 Å². The Bertz CT molecular complexity index is 388. The number of hydrogen-bond donors (Lipinski definition) is 0. The lowest BCUT2D eigenvalue weighted by Gasteiger charge is -2.36. The van der Waals surface area contributed by atoms with Gasteiger partial charge in [-0.15, -0.1) is 0 Å². The first-order chi connectivity index (χ1) is 7.58. The lowest BCUT2D eigenvalue weighted by Crippen LogP contribution is -2.50. The zero-order chi connectivity index (χ0) is 11.7. The van der Waals surface area contributed by atoms with Crippen molar-refractivity contribution >= 4 is 5.91 Å². The average Bonchev–Trinajstić information content (AvgIpc) is 2.67. The molecule has 5 heteroatoms. The van der Waals surface area contributed by atoms with E-state index in [2.05, 4.69) is 5.16 Å². The van der Waals surface area contributed by atoms with Crippen molar-refractivity contribution in [1.29, 1.82) is 0 Å². The van der Waals surface area contributed by atoms with Crippen molar-refractivity contribution in [2.24, 2.45) is 0 Å². The number of rotatable bonds is 1. The molecule has 0 aliphatic carbocycles. The number of ether oxygens (including phenoxy) is 1. The molecule has 0 N–H and O–H groups in total. The topological polar surface area (TPSA) is 55.6 Å². The normalized spacial score (nSPS) is 25.8. The van der Waals surface area contributed by atoms with Gasteiger partial charge in [-0.05, 0) is 20.8 Å². The minimum absolute atomic E-state index is 0.0770. The van der Waals surface area contributed by atoms with Crippen molar-refractivity contribution in [1.82, 2.24) is 10.1 Å². The van der Waals surface area contributed by atoms with Crippen molar-refractivity contribution in [3.8, 4) is 0 Å². The monoisotopic (exact) mass is 224 g/mol. The van der Waals surface area contributed by atoms with Gasteiger partial charge in [-0.2, -0.15) is 0 Å². The fourth-order valence-electron chi connectivity index (χ4n) is 1.80. The SMILES string of the molecule is Cc1cc(C(=O)N2C[C@H](C)OC[C@H]2C)no1. The smallest absolute Gasteiger partial charge is 0.276 e. The number of nitrogens with zero attached hydrogens (tertiary/aromatic N) is 2. The quantitative estimate of drug-likeness (QED) is 0.720. The van der Waals surface area contributed by atoms with E-state index in [-0.39, 0.29) is 18.1 Å². The molecule has 2 atom stereocenters. The number of carbonyl (C=O) groups is 1. The van der Waals surface area contributed by atoms with Crippen LogP contribution in [0.2, 0.25) is 0 Å². The Morgan fingerprint density at radius 2 is 2.31 bits per heavy atom. The van der Waals surface area contributed by atoms with Crippen LogP contribution in [0.5, 0.6) is 0 Å². The third-order valence-electron chi connectivity index (χ3n) is 2.72. The number of aromatic nitrogens is 1. The molecular weight excluding hydrogens is 208 g/mol. The molecule has 2 rings (SSSR count). The highest BCUT2D eigenvalue weighted by Crippen LogP contribution is 2.15. The van der Waals surface area contributed by atoms with Crippen LogP contribution in [-0.2, 0) is 4.74 Å². The van der Waals surface area contributed by atoms with Crippen molar-refractivity contribution in [2.45, 2.75) is 32.9 Å². The molecule has 2 heterocycles. The highest BCUT2D eigenvalue weighted by Gasteiger charge is 2.29. The Labute approximate surface area is 94.3 Å². The van der Waals surface area contributed by atoms with Crippen LogP contribution in [0, 0.1) is 6.92 Å². The molecular formula is C11H16N2O3. The van der Waals surface area contributed by atoms with E-state index in [1.807, 2.05) is 13.8 Å². The number of aryl methyl sites for hydroxylation is 1. The first-order valence-corrected chi connectivity index (χ1v) is 5.44. The Hall–Kier alpha value is -1.36. The van der Waals surface area contributed by atoms with Gasteiger partial charge in [0.05, 0.1) is 18.8 Å². The third kappa shape index (κ3) is 2.09. The fraction of sp³-hybridized carbons (Fsp3) is 0.636. The highest BCUT2D eigenvalue weighted by molar-refractivity contribution is 5.92. The van der Waals surface area contributed by atoms with Crippen molar-refractivity contribution in [2.75, 3.05) is 13.2 Å². The Kier molecular flexibility index (Phi) is 2.96. The van der Waals surface area contributed by atoms with Gasteiger partial charge in [-0.3, -0.25) is 4.79 Å². The summed E-state index contributed by atoms with van der Waals surface area (Å²) in [4.78, 5) is 13.9. The van der Waals surface area contributed by atoms with Gasteiger partial charge in [0.15, 0.2) is 5.69 Å². The Balaban J connectivity index is 2.14. The first kappa shape index (κ1) is 11.1. The molecule has 1 aliphatic heterocycles. The maximum atomic E-state index is 12.1. The summed E-state index contributed by atoms with van der Waals surface area (Å²) < 4.78 is 10.4. The van der Waals surface area contributed by atoms with Gasteiger partial charge in [0, 0.05) is 12.6 Å². The van der Waals surface area contributed by atoms with Crippen molar-refractivity contribution in [3.05, 3.63) is 17.5 Å². The predicted molar refractivity (Wildman–Crippen MR) is 57.2 cm³/mol. The largest absolute Gasteiger partial charge is 0.375 e. The molecule has 0 bridgehead atoms. The molecule has 1 aromatic heterocycles. The minimum atomic E-state index is -0.0838. The Morgan fingerprint density at radius 1 is 1.56 bits per heavy atom. The standard InChI is InChI=1S/C11H16N2O3/c1-7-6-15-9(3)5-13(7)11(14)10-4-8(2)16-12-10/h4,7,9H,5-6H2,1-3H3/t7-,9+/m1/s1. The summed E-state index contributed by atoms with van der Waals surface area (Å²) in [6, 6.07) is 1.75. The second-order valence-corrected chi connectivity index (χ2v) is 4.27. The highest BCUT2D eigenvalue weighted by atomic mass is 16.5. The molecule has 1 aromatic rings. The van der Waals surface area contributed by atoms with E-state index < -0.39 is 0 Å². The van der Waals surface area contributed by atoms with E-state index in [0.717, 1.165) is 0 Å². The van der Waals surface area contributed by atoms with Gasteiger partial charge in [-0.25, -0.2) is 0 Å². The van der Waals surface area contributed by atoms with E-state index in [1.165, 1.54) is 0 Å². The summed E-state index contributed by atoms with van der Waals surface area (Å²) in [6.45, 7) is 6.88. The molecule has 1 amide bonds. The first-order valence-electron chi connectivity index (χ1n) is 5.44. The molecule has 0 spiro atoms. The number of morpholine rings is 1. The maximum Gasteiger partial charge on any atom is 0.276 e. The van der Waals surface area contributed by atoms with Crippen LogP contribution in [0.1, 0.15) is 30.1 Å². The minimum Gasteiger partial charge on any atom is -0.375 e. The molecule has 88 valence electrons. The van der Waals surface area contributed by atoms with E-state index >= 15 is 0 Å². The van der Waals surface area contributed by atoms with Crippen LogP contribution < -0.4 is 0 Å². The Morgan fingerprint density at radius 3 is 2.94 bits per heavy atom. The van der Waals surface area contributed by atoms with E-state index in [9.17, 15) is 4.79 Å². The molecule has 0 unspecified atom stereocenters. The van der Waals surface area contributed by atoms with E-state index in [0.29, 0.717) is 24.6 Å². The van der Waals surface area contributed by atoms with Gasteiger partial charge in [0.25, 0.3) is 5.91 Å². The lowest BCUT2D eigenvalue weighted by molar-refractivity contribution is -0.0390. The second-order valence-electron chi connectivity index (χ2n) is 4.27. The van der Waals surface area contributed by atoms with Crippen LogP contribution >= 0.6 is 0 Å². The number of hydrogen-bond acceptors (Lipinski definition) is 4. The zero-order valence-electron chi connectivity index (χ0n) is 9.77. The third-order valence-corrected chi connectivity index (χ3v) is 2.72. The van der Waals surface area contributed by atoms with Gasteiger partial charge in [0.1, 0.15) is 5.76 Å². The number of amides is 1. The van der Waals surface area contributed by atoms with Crippen LogP contribution in [0.15, 0.2) is 10.6 Å². The van der Waals surface area contributed by atoms with Gasteiger partial charge in [-0.1, -0.05) is 5.16 Å². The van der Waals surface area contributed by atoms with E-state index in [4.69, 9.17) is 9.26 Å². The summed E-state index contributed by atoms with van der Waals surface area (Å²) >= 11 is 0. The van der Waals surface area contributed by atoms with Gasteiger partial charge < -0.3 is 14.2 Å². The molecule has 5 nitrogen and oxygen atoms in total. The summed E-state index contributed by atoms with van der Waals surface area (Å²) in [5.41, 5.74) is 0.374. The molecule has 1 saturated heterocycles. The lowest BCUT2D eigenvalue weighted by atomic mass is 10.2. The molecule has 0 radical (unpaired) electrons. The predicted octanol–water partition coefficient (Wildman–Crippen LogP) is 1.23. The van der Waals surface area contributed by atoms with Crippen LogP contribution in [0.4, 0.5) is 0 Å².